The lowest BCUT2D eigenvalue weighted by Crippen LogP contribution is -2.59. The number of anilines is 1. The summed E-state index contributed by atoms with van der Waals surface area (Å²) in [5.41, 5.74) is 1.09. The van der Waals surface area contributed by atoms with Crippen LogP contribution >= 0.6 is 0 Å². The summed E-state index contributed by atoms with van der Waals surface area (Å²) in [6.07, 6.45) is 8.36. The van der Waals surface area contributed by atoms with Crippen molar-refractivity contribution in [3.05, 3.63) is 60.3 Å². The van der Waals surface area contributed by atoms with Crippen LogP contribution < -0.4 is 9.62 Å². The molecule has 2 atom stereocenters. The Kier molecular flexibility index (Phi) is 7.17. The lowest BCUT2D eigenvalue weighted by Gasteiger charge is -2.47. The van der Waals surface area contributed by atoms with Crippen molar-refractivity contribution in [2.75, 3.05) is 30.9 Å². The van der Waals surface area contributed by atoms with Crippen LogP contribution in [-0.2, 0) is 14.8 Å². The molecule has 7 heteroatoms. The topological polar surface area (TPSA) is 71.5 Å². The van der Waals surface area contributed by atoms with Crippen LogP contribution in [0.5, 0.6) is 0 Å². The quantitative estimate of drug-likeness (QED) is 0.681. The second kappa shape index (κ2) is 9.89. The summed E-state index contributed by atoms with van der Waals surface area (Å²) in [6, 6.07) is 16.5. The van der Waals surface area contributed by atoms with Crippen LogP contribution in [0.25, 0.3) is 0 Å². The van der Waals surface area contributed by atoms with Gasteiger partial charge in [-0.25, -0.2) is 18.1 Å². The van der Waals surface area contributed by atoms with Gasteiger partial charge in [0.05, 0.1) is 19.0 Å². The second-order valence-electron chi connectivity index (χ2n) is 9.69. The Morgan fingerprint density at radius 2 is 1.78 bits per heavy atom. The van der Waals surface area contributed by atoms with Crippen LogP contribution in [0.3, 0.4) is 0 Å². The molecule has 0 amide bonds. The van der Waals surface area contributed by atoms with Crippen molar-refractivity contribution in [1.82, 2.24) is 9.71 Å². The van der Waals surface area contributed by atoms with E-state index < -0.39 is 10.0 Å². The monoisotopic (exact) mass is 457 g/mol. The minimum Gasteiger partial charge on any atom is -0.378 e. The van der Waals surface area contributed by atoms with Crippen molar-refractivity contribution in [1.29, 1.82) is 0 Å². The summed E-state index contributed by atoms with van der Waals surface area (Å²) in [5, 5.41) is 0. The highest BCUT2D eigenvalue weighted by molar-refractivity contribution is 7.88. The van der Waals surface area contributed by atoms with Gasteiger partial charge in [-0.1, -0.05) is 43.3 Å². The number of rotatable bonds is 7. The smallest absolute Gasteiger partial charge is 0.208 e. The second-order valence-corrected chi connectivity index (χ2v) is 11.5. The van der Waals surface area contributed by atoms with Crippen molar-refractivity contribution >= 4 is 15.8 Å². The molecule has 2 fully saturated rings. The molecule has 0 radical (unpaired) electrons. The van der Waals surface area contributed by atoms with Gasteiger partial charge in [-0.2, -0.15) is 0 Å². The molecule has 1 saturated carbocycles. The molecule has 1 aromatic carbocycles. The van der Waals surface area contributed by atoms with Gasteiger partial charge in [-0.15, -0.1) is 0 Å². The first kappa shape index (κ1) is 23.2. The molecular weight excluding hydrogens is 422 g/mol. The van der Waals surface area contributed by atoms with Crippen molar-refractivity contribution in [2.45, 2.75) is 57.1 Å². The normalized spacial score (nSPS) is 29.1. The Balaban J connectivity index is 1.40. The maximum atomic E-state index is 12.0. The molecule has 1 saturated heterocycles. The van der Waals surface area contributed by atoms with Crippen LogP contribution in [-0.4, -0.2) is 51.5 Å². The van der Waals surface area contributed by atoms with Crippen LogP contribution in [0, 0.1) is 5.41 Å². The van der Waals surface area contributed by atoms with Crippen molar-refractivity contribution in [3.63, 3.8) is 0 Å². The van der Waals surface area contributed by atoms with Gasteiger partial charge in [0.15, 0.2) is 0 Å². The summed E-state index contributed by atoms with van der Waals surface area (Å²) < 4.78 is 33.4. The van der Waals surface area contributed by atoms with Gasteiger partial charge in [-0.05, 0) is 55.7 Å². The number of pyridine rings is 1. The van der Waals surface area contributed by atoms with E-state index in [1.54, 1.807) is 6.20 Å². The summed E-state index contributed by atoms with van der Waals surface area (Å²) in [4.78, 5) is 6.75. The highest BCUT2D eigenvalue weighted by Crippen LogP contribution is 2.37. The Morgan fingerprint density at radius 3 is 2.44 bits per heavy atom. The lowest BCUT2D eigenvalue weighted by atomic mass is 9.78. The molecule has 1 aromatic heterocycles. The number of nitrogens with zero attached hydrogens (tertiary/aromatic N) is 2. The first-order valence-corrected chi connectivity index (χ1v) is 13.5. The van der Waals surface area contributed by atoms with Gasteiger partial charge in [0, 0.05) is 30.7 Å². The average molecular weight is 458 g/mol. The number of piperidine rings is 1. The summed E-state index contributed by atoms with van der Waals surface area (Å²) in [6.45, 7) is 4.14. The Labute approximate surface area is 192 Å². The highest BCUT2D eigenvalue weighted by atomic mass is 32.2. The fraction of sp³-hybridized carbons (Fsp3) is 0.560. The zero-order valence-electron chi connectivity index (χ0n) is 19.1. The molecule has 2 aromatic rings. The third-order valence-corrected chi connectivity index (χ3v) is 7.72. The molecule has 174 valence electrons. The van der Waals surface area contributed by atoms with E-state index in [2.05, 4.69) is 51.9 Å². The van der Waals surface area contributed by atoms with Crippen LogP contribution in [0.4, 0.5) is 5.82 Å². The molecule has 6 nitrogen and oxygen atoms in total. The Bertz CT molecular complexity index is 962. The van der Waals surface area contributed by atoms with Crippen LogP contribution in [0.15, 0.2) is 54.7 Å². The fourth-order valence-electron chi connectivity index (χ4n) is 5.20. The predicted molar refractivity (Wildman–Crippen MR) is 128 cm³/mol. The number of nitrogens with one attached hydrogen (secondary N) is 1. The van der Waals surface area contributed by atoms with Gasteiger partial charge < -0.3 is 9.64 Å². The molecule has 0 unspecified atom stereocenters. The maximum Gasteiger partial charge on any atom is 0.208 e. The van der Waals surface area contributed by atoms with E-state index in [4.69, 9.17) is 4.74 Å². The van der Waals surface area contributed by atoms with Gasteiger partial charge in [0.25, 0.3) is 0 Å². The molecule has 0 spiro atoms. The zero-order chi connectivity index (χ0) is 22.6. The Hall–Kier alpha value is -1.96. The number of hydrogen-bond acceptors (Lipinski definition) is 5. The highest BCUT2D eigenvalue weighted by Gasteiger charge is 2.42. The van der Waals surface area contributed by atoms with E-state index in [0.717, 1.165) is 44.5 Å². The number of benzene rings is 1. The largest absolute Gasteiger partial charge is 0.378 e. The Morgan fingerprint density at radius 1 is 1.06 bits per heavy atom. The molecule has 1 N–H and O–H groups in total. The summed E-state index contributed by atoms with van der Waals surface area (Å²) in [7, 11) is -3.30. The molecule has 4 rings (SSSR count). The number of ether oxygens (including phenoxy) is 1. The third kappa shape index (κ3) is 5.88. The molecule has 32 heavy (non-hydrogen) atoms. The first-order chi connectivity index (χ1) is 15.3. The van der Waals surface area contributed by atoms with E-state index in [1.807, 2.05) is 18.2 Å². The van der Waals surface area contributed by atoms with E-state index in [9.17, 15) is 8.42 Å². The summed E-state index contributed by atoms with van der Waals surface area (Å²) in [5.74, 6) is 1.54. The number of sulfonamides is 1. The lowest BCUT2D eigenvalue weighted by molar-refractivity contribution is -0.0344. The van der Waals surface area contributed by atoms with E-state index in [1.165, 1.54) is 11.8 Å². The van der Waals surface area contributed by atoms with Crippen LogP contribution in [0.2, 0.25) is 0 Å². The first-order valence-electron chi connectivity index (χ1n) is 11.6. The summed E-state index contributed by atoms with van der Waals surface area (Å²) >= 11 is 0. The SMILES string of the molecule is C[C@@]1(COC2CCC(c3ccccc3)CC2)CN(c2ccccn2)CC[C@@H]1NS(C)(=O)=O. The zero-order valence-corrected chi connectivity index (χ0v) is 19.9. The van der Waals surface area contributed by atoms with Crippen molar-refractivity contribution in [2.24, 2.45) is 5.41 Å². The van der Waals surface area contributed by atoms with Gasteiger partial charge in [0.1, 0.15) is 5.82 Å². The van der Waals surface area contributed by atoms with E-state index in [0.29, 0.717) is 19.1 Å². The predicted octanol–water partition coefficient (Wildman–Crippen LogP) is 3.96. The molecule has 2 heterocycles. The molecular formula is C25H35N3O3S. The van der Waals surface area contributed by atoms with Crippen molar-refractivity contribution in [3.8, 4) is 0 Å². The van der Waals surface area contributed by atoms with E-state index in [-0.39, 0.29) is 17.6 Å². The third-order valence-electron chi connectivity index (χ3n) is 7.00. The van der Waals surface area contributed by atoms with Gasteiger partial charge >= 0.3 is 0 Å². The number of aromatic nitrogens is 1. The molecule has 0 bridgehead atoms. The minimum absolute atomic E-state index is 0.155. The standard InChI is InChI=1S/C25H35N3O3S/c1-25(19-31-22-13-11-21(12-14-22)20-8-4-3-5-9-20)18-28(24-10-6-7-16-26-24)17-15-23(25)27-32(2,29)30/h3-10,16,21-23,27H,11-15,17-19H2,1-2H3/t21?,22?,23-,25-/m0/s1. The maximum absolute atomic E-state index is 12.0. The van der Waals surface area contributed by atoms with E-state index >= 15 is 0 Å². The van der Waals surface area contributed by atoms with Gasteiger partial charge in [-0.3, -0.25) is 0 Å². The minimum atomic E-state index is -3.30. The van der Waals surface area contributed by atoms with Crippen LogP contribution in [0.1, 0.15) is 50.5 Å². The number of hydrogen-bond donors (Lipinski definition) is 1. The average Bonchev–Trinajstić information content (AvgIpc) is 2.80. The molecule has 1 aliphatic heterocycles. The molecule has 1 aliphatic carbocycles. The molecule has 2 aliphatic rings. The fourth-order valence-corrected chi connectivity index (χ4v) is 6.12. The van der Waals surface area contributed by atoms with Gasteiger partial charge in [0.2, 0.25) is 10.0 Å². The van der Waals surface area contributed by atoms with Crippen molar-refractivity contribution < 1.29 is 13.2 Å².